The van der Waals surface area contributed by atoms with Gasteiger partial charge in [-0.3, -0.25) is 0 Å². The third-order valence-electron chi connectivity index (χ3n) is 2.62. The van der Waals surface area contributed by atoms with Crippen molar-refractivity contribution >= 4 is 8.58 Å². The Morgan fingerprint density at radius 1 is 1.36 bits per heavy atom. The van der Waals surface area contributed by atoms with Crippen molar-refractivity contribution in [2.45, 2.75) is 63.7 Å². The Balaban J connectivity index is 2.12. The number of unbranched alkanes of at least 4 members (excludes halogenated alkanes) is 1. The van der Waals surface area contributed by atoms with Crippen LogP contribution in [0.25, 0.3) is 0 Å². The van der Waals surface area contributed by atoms with Gasteiger partial charge in [0, 0.05) is 0 Å². The summed E-state index contributed by atoms with van der Waals surface area (Å²) < 4.78 is 0. The molecule has 66 valence electrons. The lowest BCUT2D eigenvalue weighted by molar-refractivity contribution is 0.568. The zero-order valence-electron chi connectivity index (χ0n) is 7.90. The van der Waals surface area contributed by atoms with Crippen LogP contribution in [0.1, 0.15) is 52.4 Å². The van der Waals surface area contributed by atoms with Gasteiger partial charge >= 0.3 is 0 Å². The Labute approximate surface area is 72.9 Å². The van der Waals surface area contributed by atoms with Crippen molar-refractivity contribution in [1.29, 1.82) is 0 Å². The molecule has 0 aliphatic carbocycles. The highest BCUT2D eigenvalue weighted by molar-refractivity contribution is 7.39. The van der Waals surface area contributed by atoms with Crippen LogP contribution in [0.4, 0.5) is 0 Å². The third kappa shape index (κ3) is 3.56. The molecule has 0 aromatic rings. The lowest BCUT2D eigenvalue weighted by atomic mass is 10.1. The monoisotopic (exact) mass is 172 g/mol. The van der Waals surface area contributed by atoms with Crippen molar-refractivity contribution in [3.05, 3.63) is 0 Å². The van der Waals surface area contributed by atoms with E-state index in [4.69, 9.17) is 0 Å². The fraction of sp³-hybridized carbons (Fsp3) is 1.00. The average Bonchev–Trinajstić information content (AvgIpc) is 2.01. The van der Waals surface area contributed by atoms with Crippen LogP contribution in [0.2, 0.25) is 0 Å². The molecule has 1 aliphatic heterocycles. The molecule has 0 amide bonds. The quantitative estimate of drug-likeness (QED) is 0.568. The minimum Gasteiger partial charge on any atom is -0.116 e. The summed E-state index contributed by atoms with van der Waals surface area (Å²) in [7, 11) is 1.28. The van der Waals surface area contributed by atoms with Crippen molar-refractivity contribution < 1.29 is 0 Å². The van der Waals surface area contributed by atoms with Crippen LogP contribution < -0.4 is 0 Å². The minimum absolute atomic E-state index is 1.05. The molecule has 1 rings (SSSR count). The Morgan fingerprint density at radius 3 is 2.82 bits per heavy atom. The smallest absolute Gasteiger partial charge is 0.0234 e. The number of rotatable bonds is 3. The van der Waals surface area contributed by atoms with Gasteiger partial charge in [0.05, 0.1) is 0 Å². The van der Waals surface area contributed by atoms with Crippen molar-refractivity contribution in [2.75, 3.05) is 0 Å². The average molecular weight is 172 g/mol. The highest BCUT2D eigenvalue weighted by atomic mass is 31.1. The van der Waals surface area contributed by atoms with Gasteiger partial charge in [-0.2, -0.15) is 0 Å². The van der Waals surface area contributed by atoms with E-state index in [1.807, 2.05) is 0 Å². The Bertz CT molecular complexity index is 101. The lowest BCUT2D eigenvalue weighted by Crippen LogP contribution is -2.12. The molecule has 0 N–H and O–H groups in total. The lowest BCUT2D eigenvalue weighted by Gasteiger charge is -2.26. The van der Waals surface area contributed by atoms with E-state index >= 15 is 0 Å². The number of hydrogen-bond donors (Lipinski definition) is 0. The van der Waals surface area contributed by atoms with Crippen LogP contribution in [0.3, 0.4) is 0 Å². The maximum absolute atomic E-state index is 2.43. The van der Waals surface area contributed by atoms with Gasteiger partial charge in [-0.05, 0) is 30.6 Å². The molecule has 0 bridgehead atoms. The van der Waals surface area contributed by atoms with Crippen molar-refractivity contribution in [3.8, 4) is 0 Å². The second-order valence-corrected chi connectivity index (χ2v) is 5.97. The standard InChI is InChI=1S/C10H21P/c1-3-4-7-10-8-5-6-9(2)11-10/h9-11H,3-8H2,1-2H3. The maximum Gasteiger partial charge on any atom is -0.0234 e. The highest BCUT2D eigenvalue weighted by Crippen LogP contribution is 2.39. The van der Waals surface area contributed by atoms with Crippen molar-refractivity contribution in [3.63, 3.8) is 0 Å². The molecule has 1 saturated heterocycles. The fourth-order valence-electron chi connectivity index (χ4n) is 1.92. The summed E-state index contributed by atoms with van der Waals surface area (Å²) in [5, 5.41) is 0. The largest absolute Gasteiger partial charge is 0.116 e. The minimum atomic E-state index is 1.05. The van der Waals surface area contributed by atoms with Gasteiger partial charge in [0.25, 0.3) is 0 Å². The first-order chi connectivity index (χ1) is 5.33. The predicted molar refractivity (Wildman–Crippen MR) is 54.9 cm³/mol. The first-order valence-electron chi connectivity index (χ1n) is 5.09. The van der Waals surface area contributed by atoms with Crippen LogP contribution in [0.5, 0.6) is 0 Å². The van der Waals surface area contributed by atoms with Crippen LogP contribution in [0.15, 0.2) is 0 Å². The molecule has 3 unspecified atom stereocenters. The summed E-state index contributed by atoms with van der Waals surface area (Å²) in [4.78, 5) is 0. The van der Waals surface area contributed by atoms with E-state index in [0.717, 1.165) is 11.3 Å². The highest BCUT2D eigenvalue weighted by Gasteiger charge is 2.17. The van der Waals surface area contributed by atoms with Crippen molar-refractivity contribution in [1.82, 2.24) is 0 Å². The normalized spacial score (nSPS) is 34.4. The molecule has 0 aromatic carbocycles. The molecular weight excluding hydrogens is 151 g/mol. The van der Waals surface area contributed by atoms with Gasteiger partial charge in [0.1, 0.15) is 0 Å². The molecule has 0 nitrogen and oxygen atoms in total. The summed E-state index contributed by atoms with van der Waals surface area (Å²) in [5.41, 5.74) is 2.16. The fourth-order valence-corrected chi connectivity index (χ4v) is 3.83. The van der Waals surface area contributed by atoms with Gasteiger partial charge in [-0.25, -0.2) is 0 Å². The van der Waals surface area contributed by atoms with E-state index < -0.39 is 0 Å². The molecule has 1 heterocycles. The molecule has 0 spiro atoms. The SMILES string of the molecule is CCCCC1CCCC(C)P1. The molecule has 1 aliphatic rings. The zero-order chi connectivity index (χ0) is 8.10. The van der Waals surface area contributed by atoms with Crippen LogP contribution >= 0.6 is 8.58 Å². The van der Waals surface area contributed by atoms with E-state index in [2.05, 4.69) is 13.8 Å². The molecule has 0 radical (unpaired) electrons. The summed E-state index contributed by atoms with van der Waals surface area (Å²) in [6.45, 7) is 4.73. The second kappa shape index (κ2) is 5.14. The zero-order valence-corrected chi connectivity index (χ0v) is 8.90. The first kappa shape index (κ1) is 9.52. The summed E-state index contributed by atoms with van der Waals surface area (Å²) in [6, 6.07) is 0. The molecule has 1 heteroatoms. The van der Waals surface area contributed by atoms with Crippen LogP contribution in [-0.4, -0.2) is 11.3 Å². The predicted octanol–water partition coefficient (Wildman–Crippen LogP) is 3.80. The molecule has 0 saturated carbocycles. The first-order valence-corrected chi connectivity index (χ1v) is 6.24. The number of hydrogen-bond acceptors (Lipinski definition) is 0. The summed E-state index contributed by atoms with van der Waals surface area (Å²) >= 11 is 0. The van der Waals surface area contributed by atoms with E-state index in [-0.39, 0.29) is 0 Å². The van der Waals surface area contributed by atoms with Crippen molar-refractivity contribution in [2.24, 2.45) is 0 Å². The van der Waals surface area contributed by atoms with E-state index in [9.17, 15) is 0 Å². The summed E-state index contributed by atoms with van der Waals surface area (Å²) in [6.07, 6.45) is 8.89. The Morgan fingerprint density at radius 2 is 2.18 bits per heavy atom. The van der Waals surface area contributed by atoms with Gasteiger partial charge in [0.15, 0.2) is 0 Å². The molecular formula is C10H21P. The van der Waals surface area contributed by atoms with Crippen LogP contribution in [-0.2, 0) is 0 Å². The van der Waals surface area contributed by atoms with E-state index in [0.29, 0.717) is 0 Å². The topological polar surface area (TPSA) is 0 Å². The van der Waals surface area contributed by atoms with Gasteiger partial charge in [0.2, 0.25) is 0 Å². The van der Waals surface area contributed by atoms with E-state index in [1.165, 1.54) is 47.1 Å². The maximum atomic E-state index is 2.43. The second-order valence-electron chi connectivity index (χ2n) is 3.84. The van der Waals surface area contributed by atoms with Gasteiger partial charge in [-0.1, -0.05) is 33.1 Å². The van der Waals surface area contributed by atoms with E-state index in [1.54, 1.807) is 0 Å². The Hall–Kier alpha value is 0.430. The molecule has 0 aromatic heterocycles. The third-order valence-corrected chi connectivity index (χ3v) is 4.52. The Kier molecular flexibility index (Phi) is 4.45. The van der Waals surface area contributed by atoms with Gasteiger partial charge in [-0.15, -0.1) is 8.58 Å². The molecule has 1 fully saturated rings. The molecule has 11 heavy (non-hydrogen) atoms. The summed E-state index contributed by atoms with van der Waals surface area (Å²) in [5.74, 6) is 0. The van der Waals surface area contributed by atoms with Gasteiger partial charge < -0.3 is 0 Å². The molecule has 3 atom stereocenters. The van der Waals surface area contributed by atoms with Crippen LogP contribution in [0, 0.1) is 0 Å².